The van der Waals surface area contributed by atoms with Gasteiger partial charge in [-0.2, -0.15) is 0 Å². The summed E-state index contributed by atoms with van der Waals surface area (Å²) >= 11 is 0. The number of hydrogen-bond acceptors (Lipinski definition) is 3. The Labute approximate surface area is 132 Å². The van der Waals surface area contributed by atoms with Crippen LogP contribution >= 0.6 is 0 Å². The highest BCUT2D eigenvalue weighted by atomic mass is 16.1. The number of carbonyl (C=O) groups excluding carboxylic acids is 1. The molecule has 2 rings (SSSR count). The summed E-state index contributed by atoms with van der Waals surface area (Å²) in [5.41, 5.74) is 2.61. The van der Waals surface area contributed by atoms with Crippen LogP contribution in [0.25, 0.3) is 0 Å². The predicted molar refractivity (Wildman–Crippen MR) is 91.4 cm³/mol. The Morgan fingerprint density at radius 2 is 2.00 bits per heavy atom. The minimum absolute atomic E-state index is 0.109. The van der Waals surface area contributed by atoms with Crippen molar-refractivity contribution >= 4 is 17.4 Å². The molecule has 0 aliphatic carbocycles. The predicted octanol–water partition coefficient (Wildman–Crippen LogP) is 4.11. The number of amides is 1. The number of carbonyl (C=O) groups is 1. The van der Waals surface area contributed by atoms with E-state index in [1.54, 1.807) is 18.3 Å². The molecule has 4 heteroatoms. The second-order valence-corrected chi connectivity index (χ2v) is 5.17. The van der Waals surface area contributed by atoms with Crippen LogP contribution in [0.3, 0.4) is 0 Å². The molecular weight excluding hydrogens is 274 g/mol. The van der Waals surface area contributed by atoms with Crippen molar-refractivity contribution in [3.8, 4) is 0 Å². The highest BCUT2D eigenvalue weighted by Crippen LogP contribution is 2.17. The number of unbranched alkanes of at least 4 members (excludes halogenated alkanes) is 1. The summed E-state index contributed by atoms with van der Waals surface area (Å²) in [6, 6.07) is 11.4. The fourth-order valence-electron chi connectivity index (χ4n) is 2.21. The second kappa shape index (κ2) is 8.17. The Hall–Kier alpha value is -2.36. The van der Waals surface area contributed by atoms with E-state index < -0.39 is 0 Å². The molecule has 0 aliphatic heterocycles. The Bertz CT molecular complexity index is 625. The topological polar surface area (TPSA) is 54.0 Å². The summed E-state index contributed by atoms with van der Waals surface area (Å²) in [6.07, 6.45) is 4.76. The maximum atomic E-state index is 12.4. The first-order valence-corrected chi connectivity index (χ1v) is 7.83. The van der Waals surface area contributed by atoms with Crippen LogP contribution in [0.4, 0.5) is 11.5 Å². The molecule has 2 N–H and O–H groups in total. The van der Waals surface area contributed by atoms with E-state index in [-0.39, 0.29) is 5.91 Å². The summed E-state index contributed by atoms with van der Waals surface area (Å²) in [7, 11) is 0. The van der Waals surface area contributed by atoms with Gasteiger partial charge in [0, 0.05) is 24.0 Å². The molecule has 0 aliphatic rings. The lowest BCUT2D eigenvalue weighted by Crippen LogP contribution is -2.14. The molecule has 0 atom stereocenters. The van der Waals surface area contributed by atoms with Crippen LogP contribution in [0, 0.1) is 0 Å². The quantitative estimate of drug-likeness (QED) is 0.756. The van der Waals surface area contributed by atoms with Gasteiger partial charge in [0.05, 0.1) is 0 Å². The first-order chi connectivity index (χ1) is 10.7. The van der Waals surface area contributed by atoms with Crippen LogP contribution in [0.2, 0.25) is 0 Å². The Kier molecular flexibility index (Phi) is 5.95. The zero-order valence-corrected chi connectivity index (χ0v) is 13.2. The fraction of sp³-hybridized carbons (Fsp3) is 0.333. The number of para-hydroxylation sites is 1. The minimum atomic E-state index is -0.109. The lowest BCUT2D eigenvalue weighted by molar-refractivity contribution is 0.102. The van der Waals surface area contributed by atoms with Crippen molar-refractivity contribution in [3.05, 3.63) is 53.7 Å². The van der Waals surface area contributed by atoms with Crippen molar-refractivity contribution < 1.29 is 4.79 Å². The molecule has 4 nitrogen and oxygen atoms in total. The van der Waals surface area contributed by atoms with Crippen LogP contribution in [0.5, 0.6) is 0 Å². The zero-order chi connectivity index (χ0) is 15.8. The third-order valence-electron chi connectivity index (χ3n) is 3.51. The number of aryl methyl sites for hydroxylation is 1. The van der Waals surface area contributed by atoms with Crippen LogP contribution in [-0.4, -0.2) is 17.4 Å². The standard InChI is InChI=1S/C18H23N3O/c1-3-5-11-19-17-13-15(10-12-20-17)18(22)21-16-9-7-6-8-14(16)4-2/h6-10,12-13H,3-5,11H2,1-2H3,(H,19,20)(H,21,22). The van der Waals surface area contributed by atoms with Crippen molar-refractivity contribution in [2.24, 2.45) is 0 Å². The Balaban J connectivity index is 2.07. The number of rotatable bonds is 7. The average molecular weight is 297 g/mol. The van der Waals surface area contributed by atoms with E-state index in [0.29, 0.717) is 5.56 Å². The normalized spacial score (nSPS) is 10.3. The highest BCUT2D eigenvalue weighted by molar-refractivity contribution is 6.05. The van der Waals surface area contributed by atoms with E-state index in [1.807, 2.05) is 24.3 Å². The Morgan fingerprint density at radius 3 is 2.77 bits per heavy atom. The summed E-state index contributed by atoms with van der Waals surface area (Å²) in [6.45, 7) is 5.09. The van der Waals surface area contributed by atoms with E-state index in [4.69, 9.17) is 0 Å². The smallest absolute Gasteiger partial charge is 0.255 e. The molecule has 0 unspecified atom stereocenters. The molecule has 1 amide bonds. The van der Waals surface area contributed by atoms with Gasteiger partial charge in [-0.05, 0) is 36.6 Å². The van der Waals surface area contributed by atoms with E-state index in [1.165, 1.54) is 0 Å². The molecular formula is C18H23N3O. The fourth-order valence-corrected chi connectivity index (χ4v) is 2.21. The van der Waals surface area contributed by atoms with Gasteiger partial charge in [-0.15, -0.1) is 0 Å². The molecule has 116 valence electrons. The number of aromatic nitrogens is 1. The van der Waals surface area contributed by atoms with Gasteiger partial charge in [0.2, 0.25) is 0 Å². The number of hydrogen-bond donors (Lipinski definition) is 2. The SMILES string of the molecule is CCCCNc1cc(C(=O)Nc2ccccc2CC)ccn1. The first kappa shape index (κ1) is 16.0. The summed E-state index contributed by atoms with van der Waals surface area (Å²) in [4.78, 5) is 16.6. The molecule has 1 aromatic heterocycles. The molecule has 0 bridgehead atoms. The maximum absolute atomic E-state index is 12.4. The number of pyridine rings is 1. The first-order valence-electron chi connectivity index (χ1n) is 7.83. The van der Waals surface area contributed by atoms with Gasteiger partial charge in [0.15, 0.2) is 0 Å². The highest BCUT2D eigenvalue weighted by Gasteiger charge is 2.09. The molecule has 0 spiro atoms. The van der Waals surface area contributed by atoms with Gasteiger partial charge in [-0.25, -0.2) is 4.98 Å². The number of nitrogens with one attached hydrogen (secondary N) is 2. The Morgan fingerprint density at radius 1 is 1.18 bits per heavy atom. The third-order valence-corrected chi connectivity index (χ3v) is 3.51. The lowest BCUT2D eigenvalue weighted by Gasteiger charge is -2.10. The zero-order valence-electron chi connectivity index (χ0n) is 13.2. The molecule has 22 heavy (non-hydrogen) atoms. The molecule has 0 saturated heterocycles. The maximum Gasteiger partial charge on any atom is 0.255 e. The van der Waals surface area contributed by atoms with Gasteiger partial charge in [-0.3, -0.25) is 4.79 Å². The number of anilines is 2. The molecule has 1 heterocycles. The van der Waals surface area contributed by atoms with E-state index in [9.17, 15) is 4.79 Å². The van der Waals surface area contributed by atoms with Crippen molar-refractivity contribution in [1.82, 2.24) is 4.98 Å². The summed E-state index contributed by atoms with van der Waals surface area (Å²) in [5.74, 6) is 0.631. The number of nitrogens with zero attached hydrogens (tertiary/aromatic N) is 1. The summed E-state index contributed by atoms with van der Waals surface area (Å²) < 4.78 is 0. The monoisotopic (exact) mass is 297 g/mol. The molecule has 0 fully saturated rings. The van der Waals surface area contributed by atoms with Crippen LogP contribution in [-0.2, 0) is 6.42 Å². The van der Waals surface area contributed by atoms with Crippen molar-refractivity contribution in [1.29, 1.82) is 0 Å². The van der Waals surface area contributed by atoms with Gasteiger partial charge >= 0.3 is 0 Å². The average Bonchev–Trinajstić information content (AvgIpc) is 2.56. The second-order valence-electron chi connectivity index (χ2n) is 5.17. The van der Waals surface area contributed by atoms with Crippen LogP contribution < -0.4 is 10.6 Å². The minimum Gasteiger partial charge on any atom is -0.370 e. The number of benzene rings is 1. The van der Waals surface area contributed by atoms with Crippen LogP contribution in [0.1, 0.15) is 42.6 Å². The van der Waals surface area contributed by atoms with Crippen molar-refractivity contribution in [2.75, 3.05) is 17.2 Å². The van der Waals surface area contributed by atoms with Crippen LogP contribution in [0.15, 0.2) is 42.6 Å². The van der Waals surface area contributed by atoms with Gasteiger partial charge in [0.25, 0.3) is 5.91 Å². The molecule has 0 radical (unpaired) electrons. The molecule has 2 aromatic rings. The molecule has 0 saturated carbocycles. The van der Waals surface area contributed by atoms with Gasteiger partial charge in [-0.1, -0.05) is 38.5 Å². The van der Waals surface area contributed by atoms with E-state index >= 15 is 0 Å². The van der Waals surface area contributed by atoms with Gasteiger partial charge < -0.3 is 10.6 Å². The summed E-state index contributed by atoms with van der Waals surface area (Å²) in [5, 5.41) is 6.21. The lowest BCUT2D eigenvalue weighted by atomic mass is 10.1. The van der Waals surface area contributed by atoms with Crippen molar-refractivity contribution in [2.45, 2.75) is 33.1 Å². The van der Waals surface area contributed by atoms with E-state index in [0.717, 1.165) is 42.9 Å². The molecule has 1 aromatic carbocycles. The van der Waals surface area contributed by atoms with Gasteiger partial charge in [0.1, 0.15) is 5.82 Å². The van der Waals surface area contributed by atoms with E-state index in [2.05, 4.69) is 29.5 Å². The largest absolute Gasteiger partial charge is 0.370 e. The van der Waals surface area contributed by atoms with Crippen molar-refractivity contribution in [3.63, 3.8) is 0 Å². The third kappa shape index (κ3) is 4.32.